The Kier molecular flexibility index (Phi) is 15.5. The Morgan fingerprint density at radius 2 is 1.56 bits per heavy atom. The standard InChI is InChI=1S/C35H55N3O16/c1-33-13-11-23(39)18-22(33)9-10-24-25-12-14-35(45,34(25,2)19-27(40)30(24)33)28(41)21-52-32(44)51-20-26(31(43)50-15-6-7-17-54-38(48)49)36-29(42)8-4-3-5-16-53-37(46)47/h18,24-27,30,40,45-49H,3-17,19-21H2,1-2H3,(H,36,42)/t24-,25-,26?,27-,30+,33-,34-,35-/m0/s1. The number of fused-ring (bicyclic) bond motifs is 5. The molecule has 4 rings (SSSR count). The summed E-state index contributed by atoms with van der Waals surface area (Å²) < 4.78 is 15.3. The first-order valence-corrected chi connectivity index (χ1v) is 18.6. The summed E-state index contributed by atoms with van der Waals surface area (Å²) in [4.78, 5) is 72.8. The molecule has 0 radical (unpaired) electrons. The summed E-state index contributed by atoms with van der Waals surface area (Å²) in [6, 6.07) is -1.45. The highest BCUT2D eigenvalue weighted by molar-refractivity contribution is 5.92. The lowest BCUT2D eigenvalue weighted by Gasteiger charge is -2.60. The molecule has 0 aromatic carbocycles. The van der Waals surface area contributed by atoms with E-state index in [4.69, 9.17) is 35.0 Å². The number of hydrogen-bond acceptors (Lipinski definition) is 18. The molecular weight excluding hydrogens is 718 g/mol. The predicted molar refractivity (Wildman–Crippen MR) is 179 cm³/mol. The predicted octanol–water partition coefficient (Wildman–Crippen LogP) is 2.34. The van der Waals surface area contributed by atoms with Gasteiger partial charge < -0.3 is 29.7 Å². The highest BCUT2D eigenvalue weighted by Crippen LogP contribution is 2.67. The topological polar surface area (TPSA) is 271 Å². The Bertz CT molecular complexity index is 1380. The fraction of sp³-hybridized carbons (Fsp3) is 0.800. The molecule has 0 aromatic rings. The lowest BCUT2D eigenvalue weighted by Crippen LogP contribution is -2.62. The van der Waals surface area contributed by atoms with Crippen LogP contribution in [0.4, 0.5) is 4.79 Å². The third-order valence-electron chi connectivity index (χ3n) is 12.1. The van der Waals surface area contributed by atoms with Gasteiger partial charge in [-0.1, -0.05) is 25.8 Å². The summed E-state index contributed by atoms with van der Waals surface area (Å²) in [5.41, 5.74) is -2.15. The summed E-state index contributed by atoms with van der Waals surface area (Å²) in [5, 5.41) is 59.4. The van der Waals surface area contributed by atoms with Crippen molar-refractivity contribution in [3.8, 4) is 0 Å². The second-order valence-electron chi connectivity index (χ2n) is 15.2. The molecule has 0 heterocycles. The summed E-state index contributed by atoms with van der Waals surface area (Å²) >= 11 is 0. The highest BCUT2D eigenvalue weighted by atomic mass is 17.1. The molecule has 1 unspecified atom stereocenters. The zero-order chi connectivity index (χ0) is 39.7. The van der Waals surface area contributed by atoms with Crippen molar-refractivity contribution in [2.75, 3.05) is 33.0 Å². The van der Waals surface area contributed by atoms with Crippen molar-refractivity contribution in [2.24, 2.45) is 28.6 Å². The minimum atomic E-state index is -1.89. The smallest absolute Gasteiger partial charge is 0.464 e. The Morgan fingerprint density at radius 1 is 0.889 bits per heavy atom. The number of ether oxygens (including phenoxy) is 3. The zero-order valence-electron chi connectivity index (χ0n) is 30.9. The Balaban J connectivity index is 1.30. The lowest BCUT2D eigenvalue weighted by atomic mass is 9.45. The van der Waals surface area contributed by atoms with Crippen LogP contribution in [-0.2, 0) is 43.1 Å². The molecular formula is C35H55N3O16. The van der Waals surface area contributed by atoms with Gasteiger partial charge in [0.25, 0.3) is 0 Å². The van der Waals surface area contributed by atoms with E-state index in [0.717, 1.165) is 12.0 Å². The van der Waals surface area contributed by atoms with Gasteiger partial charge in [-0.2, -0.15) is 0 Å². The average molecular weight is 774 g/mol. The summed E-state index contributed by atoms with van der Waals surface area (Å²) in [7, 11) is 0. The van der Waals surface area contributed by atoms with Gasteiger partial charge >= 0.3 is 12.1 Å². The Morgan fingerprint density at radius 3 is 2.24 bits per heavy atom. The van der Waals surface area contributed by atoms with Crippen molar-refractivity contribution in [1.29, 1.82) is 0 Å². The third-order valence-corrected chi connectivity index (χ3v) is 12.1. The van der Waals surface area contributed by atoms with E-state index in [2.05, 4.69) is 21.9 Å². The van der Waals surface area contributed by atoms with Gasteiger partial charge in [-0.05, 0) is 93.5 Å². The van der Waals surface area contributed by atoms with Gasteiger partial charge in [0.1, 0.15) is 12.2 Å². The molecule has 0 aromatic heterocycles. The molecule has 3 saturated carbocycles. The second-order valence-corrected chi connectivity index (χ2v) is 15.2. The number of aliphatic hydroxyl groups is 2. The maximum absolute atomic E-state index is 13.6. The van der Waals surface area contributed by atoms with Crippen molar-refractivity contribution in [3.63, 3.8) is 0 Å². The number of allylic oxidation sites excluding steroid dienone is 1. The molecule has 8 atom stereocenters. The van der Waals surface area contributed by atoms with Crippen LogP contribution in [0.2, 0.25) is 0 Å². The van der Waals surface area contributed by atoms with E-state index in [1.54, 1.807) is 6.08 Å². The maximum Gasteiger partial charge on any atom is 0.508 e. The number of hydrogen-bond donors (Lipinski definition) is 7. The molecule has 0 saturated heterocycles. The van der Waals surface area contributed by atoms with Crippen LogP contribution in [0.5, 0.6) is 0 Å². The van der Waals surface area contributed by atoms with E-state index in [9.17, 15) is 34.2 Å². The largest absolute Gasteiger partial charge is 0.508 e. The average Bonchev–Trinajstić information content (AvgIpc) is 3.38. The number of nitrogens with zero attached hydrogens (tertiary/aromatic N) is 2. The molecule has 306 valence electrons. The summed E-state index contributed by atoms with van der Waals surface area (Å²) in [6.07, 6.45) is 4.66. The molecule has 4 aliphatic rings. The van der Waals surface area contributed by atoms with Crippen LogP contribution in [0.1, 0.15) is 97.3 Å². The fourth-order valence-electron chi connectivity index (χ4n) is 9.36. The van der Waals surface area contributed by atoms with Crippen molar-refractivity contribution in [2.45, 2.75) is 115 Å². The first-order chi connectivity index (χ1) is 25.5. The number of ketones is 2. The number of aliphatic hydroxyl groups excluding tert-OH is 1. The quantitative estimate of drug-likeness (QED) is 0.0531. The molecule has 54 heavy (non-hydrogen) atoms. The molecule has 3 fully saturated rings. The van der Waals surface area contributed by atoms with E-state index in [0.29, 0.717) is 44.9 Å². The molecule has 19 heteroatoms. The van der Waals surface area contributed by atoms with Crippen LogP contribution in [0.25, 0.3) is 0 Å². The number of unbranched alkanes of at least 4 members (excludes halogenated alkanes) is 3. The number of carbonyl (C=O) groups excluding carboxylic acids is 5. The van der Waals surface area contributed by atoms with Crippen molar-refractivity contribution >= 4 is 29.6 Å². The van der Waals surface area contributed by atoms with Crippen LogP contribution >= 0.6 is 0 Å². The van der Waals surface area contributed by atoms with Crippen LogP contribution in [0.15, 0.2) is 11.6 Å². The van der Waals surface area contributed by atoms with E-state index >= 15 is 0 Å². The van der Waals surface area contributed by atoms with Crippen molar-refractivity contribution < 1.29 is 78.9 Å². The van der Waals surface area contributed by atoms with Gasteiger partial charge in [-0.25, -0.2) is 9.59 Å². The summed E-state index contributed by atoms with van der Waals surface area (Å²) in [5.74, 6) is -2.31. The minimum Gasteiger partial charge on any atom is -0.464 e. The third kappa shape index (κ3) is 10.4. The van der Waals surface area contributed by atoms with E-state index < -0.39 is 71.0 Å². The Hall–Kier alpha value is -3.11. The molecule has 0 aliphatic heterocycles. The van der Waals surface area contributed by atoms with Crippen LogP contribution < -0.4 is 5.32 Å². The first-order valence-electron chi connectivity index (χ1n) is 18.6. The molecule has 7 N–H and O–H groups in total. The number of amides is 1. The van der Waals surface area contributed by atoms with Gasteiger partial charge in [-0.3, -0.25) is 44.9 Å². The first kappa shape index (κ1) is 43.6. The van der Waals surface area contributed by atoms with Gasteiger partial charge in [0.05, 0.1) is 36.7 Å². The van der Waals surface area contributed by atoms with Crippen LogP contribution in [-0.4, -0.2) is 122 Å². The SMILES string of the molecule is C[C@]12CCC(=O)C=C1CC[C@@H]1[C@@H]2[C@@H](O)C[C@@]2(C)[C@H]1CC[C@]2(O)C(=O)COC(=O)OCC(NC(=O)CCCCCON(O)O)C(=O)OCCCCON(O)O. The second kappa shape index (κ2) is 19.2. The molecule has 19 nitrogen and oxygen atoms in total. The van der Waals surface area contributed by atoms with Gasteiger partial charge in [0.15, 0.2) is 18.4 Å². The maximum atomic E-state index is 13.6. The fourth-order valence-corrected chi connectivity index (χ4v) is 9.36. The zero-order valence-corrected chi connectivity index (χ0v) is 30.9. The number of Topliss-reactive ketones (excluding diaryl/α,β-unsaturated/α-hetero) is 1. The molecule has 1 amide bonds. The Labute approximate surface area is 312 Å². The van der Waals surface area contributed by atoms with Crippen molar-refractivity contribution in [1.82, 2.24) is 16.1 Å². The lowest BCUT2D eigenvalue weighted by molar-refractivity contribution is -0.492. The summed E-state index contributed by atoms with van der Waals surface area (Å²) in [6.45, 7) is 2.15. The van der Waals surface area contributed by atoms with Crippen molar-refractivity contribution in [3.05, 3.63) is 11.6 Å². The number of nitrogens with one attached hydrogen (secondary N) is 1. The monoisotopic (exact) mass is 773 g/mol. The minimum absolute atomic E-state index is 0.00993. The molecule has 0 spiro atoms. The van der Waals surface area contributed by atoms with Crippen LogP contribution in [0.3, 0.4) is 0 Å². The molecule has 0 bridgehead atoms. The van der Waals surface area contributed by atoms with Gasteiger partial charge in [0.2, 0.25) is 11.7 Å². The number of esters is 1. The van der Waals surface area contributed by atoms with Gasteiger partial charge in [-0.15, -0.1) is 0 Å². The normalized spacial score (nSPS) is 30.9. The number of rotatable bonds is 20. The van der Waals surface area contributed by atoms with E-state index in [1.807, 2.05) is 6.92 Å². The number of carbonyl (C=O) groups is 5. The van der Waals surface area contributed by atoms with Gasteiger partial charge in [0, 0.05) is 18.3 Å². The van der Waals surface area contributed by atoms with E-state index in [-0.39, 0.29) is 80.9 Å². The van der Waals surface area contributed by atoms with Crippen LogP contribution in [0, 0.1) is 28.6 Å². The van der Waals surface area contributed by atoms with E-state index in [1.165, 1.54) is 0 Å². The highest BCUT2D eigenvalue weighted by Gasteiger charge is 2.68. The molecule has 4 aliphatic carbocycles.